The molecule has 0 spiro atoms. The van der Waals surface area contributed by atoms with Crippen molar-refractivity contribution >= 4 is 22.3 Å². The largest absolute Gasteiger partial charge is 0.368 e. The molecule has 1 aromatic heterocycles. The van der Waals surface area contributed by atoms with Gasteiger partial charge in [-0.1, -0.05) is 36.4 Å². The number of H-pyrrole nitrogens is 1. The Morgan fingerprint density at radius 1 is 0.783 bits per heavy atom. The lowest BCUT2D eigenvalue weighted by atomic mass is 10.1. The molecule has 0 amide bonds. The maximum Gasteiger partial charge on any atom is 0.272 e. The number of fused-ring (bicyclic) bond motifs is 1. The fourth-order valence-corrected chi connectivity index (χ4v) is 3.16. The van der Waals surface area contributed by atoms with E-state index in [1.54, 1.807) is 0 Å². The SMILES string of the molecule is O=c1[nH]nc(N2CCN(c3ccccc3)CC2)c2ccccc12. The van der Waals surface area contributed by atoms with Crippen LogP contribution < -0.4 is 15.4 Å². The monoisotopic (exact) mass is 306 g/mol. The zero-order chi connectivity index (χ0) is 15.6. The summed E-state index contributed by atoms with van der Waals surface area (Å²) >= 11 is 0. The van der Waals surface area contributed by atoms with E-state index in [0.29, 0.717) is 5.39 Å². The summed E-state index contributed by atoms with van der Waals surface area (Å²) in [6.07, 6.45) is 0. The molecule has 23 heavy (non-hydrogen) atoms. The van der Waals surface area contributed by atoms with Gasteiger partial charge in [0.05, 0.1) is 5.39 Å². The third-order valence-electron chi connectivity index (χ3n) is 4.38. The van der Waals surface area contributed by atoms with Gasteiger partial charge in [-0.2, -0.15) is 5.10 Å². The summed E-state index contributed by atoms with van der Waals surface area (Å²) < 4.78 is 0. The molecule has 0 atom stereocenters. The van der Waals surface area contributed by atoms with E-state index < -0.39 is 0 Å². The van der Waals surface area contributed by atoms with E-state index in [4.69, 9.17) is 0 Å². The Hall–Kier alpha value is -2.82. The summed E-state index contributed by atoms with van der Waals surface area (Å²) in [5, 5.41) is 8.54. The van der Waals surface area contributed by atoms with Crippen molar-refractivity contribution in [3.63, 3.8) is 0 Å². The van der Waals surface area contributed by atoms with Gasteiger partial charge >= 0.3 is 0 Å². The van der Waals surface area contributed by atoms with Crippen molar-refractivity contribution in [2.45, 2.75) is 0 Å². The van der Waals surface area contributed by atoms with Gasteiger partial charge in [-0.25, -0.2) is 5.10 Å². The van der Waals surface area contributed by atoms with Crippen LogP contribution >= 0.6 is 0 Å². The van der Waals surface area contributed by atoms with Crippen molar-refractivity contribution in [2.24, 2.45) is 0 Å². The lowest BCUT2D eigenvalue weighted by Crippen LogP contribution is -2.47. The average Bonchev–Trinajstić information content (AvgIpc) is 2.63. The van der Waals surface area contributed by atoms with Crippen LogP contribution in [0.5, 0.6) is 0 Å². The minimum Gasteiger partial charge on any atom is -0.368 e. The fraction of sp³-hybridized carbons (Fsp3) is 0.222. The summed E-state index contributed by atoms with van der Waals surface area (Å²) in [4.78, 5) is 16.5. The molecule has 0 saturated carbocycles. The number of rotatable bonds is 2. The third kappa shape index (κ3) is 2.54. The van der Waals surface area contributed by atoms with Crippen molar-refractivity contribution in [2.75, 3.05) is 36.0 Å². The summed E-state index contributed by atoms with van der Waals surface area (Å²) in [6.45, 7) is 3.66. The Morgan fingerprint density at radius 2 is 1.39 bits per heavy atom. The van der Waals surface area contributed by atoms with Crippen LogP contribution in [0.3, 0.4) is 0 Å². The first-order valence-electron chi connectivity index (χ1n) is 7.85. The van der Waals surface area contributed by atoms with Crippen molar-refractivity contribution in [1.82, 2.24) is 10.2 Å². The average molecular weight is 306 g/mol. The maximum absolute atomic E-state index is 11.9. The van der Waals surface area contributed by atoms with Crippen molar-refractivity contribution in [3.8, 4) is 0 Å². The summed E-state index contributed by atoms with van der Waals surface area (Å²) in [6, 6.07) is 18.1. The van der Waals surface area contributed by atoms with Gasteiger partial charge in [-0.05, 0) is 18.2 Å². The molecule has 2 heterocycles. The van der Waals surface area contributed by atoms with Crippen LogP contribution in [0.15, 0.2) is 59.4 Å². The molecule has 1 N–H and O–H groups in total. The van der Waals surface area contributed by atoms with Crippen LogP contribution in [0.1, 0.15) is 0 Å². The number of para-hydroxylation sites is 1. The minimum atomic E-state index is -0.132. The molecule has 116 valence electrons. The van der Waals surface area contributed by atoms with E-state index in [1.165, 1.54) is 5.69 Å². The second-order valence-electron chi connectivity index (χ2n) is 5.73. The van der Waals surface area contributed by atoms with Gasteiger partial charge in [0.15, 0.2) is 5.82 Å². The number of hydrogen-bond acceptors (Lipinski definition) is 4. The van der Waals surface area contributed by atoms with Crippen LogP contribution in [0, 0.1) is 0 Å². The number of aromatic nitrogens is 2. The van der Waals surface area contributed by atoms with Crippen LogP contribution in [-0.2, 0) is 0 Å². The van der Waals surface area contributed by atoms with Crippen LogP contribution in [0.25, 0.3) is 10.8 Å². The number of nitrogens with one attached hydrogen (secondary N) is 1. The van der Waals surface area contributed by atoms with Crippen LogP contribution in [-0.4, -0.2) is 36.4 Å². The predicted molar refractivity (Wildman–Crippen MR) is 93.2 cm³/mol. The molecule has 0 aliphatic carbocycles. The lowest BCUT2D eigenvalue weighted by Gasteiger charge is -2.36. The van der Waals surface area contributed by atoms with Crippen molar-refractivity contribution < 1.29 is 0 Å². The highest BCUT2D eigenvalue weighted by Gasteiger charge is 2.20. The number of benzene rings is 2. The van der Waals surface area contributed by atoms with Gasteiger partial charge in [-0.3, -0.25) is 4.79 Å². The van der Waals surface area contributed by atoms with E-state index in [1.807, 2.05) is 30.3 Å². The highest BCUT2D eigenvalue weighted by Crippen LogP contribution is 2.23. The number of nitrogens with zero attached hydrogens (tertiary/aromatic N) is 3. The highest BCUT2D eigenvalue weighted by atomic mass is 16.1. The van der Waals surface area contributed by atoms with E-state index in [2.05, 4.69) is 44.3 Å². The van der Waals surface area contributed by atoms with Crippen LogP contribution in [0.2, 0.25) is 0 Å². The van der Waals surface area contributed by atoms with E-state index in [0.717, 1.165) is 37.4 Å². The van der Waals surface area contributed by atoms with E-state index in [-0.39, 0.29) is 5.56 Å². The molecule has 3 aromatic rings. The third-order valence-corrected chi connectivity index (χ3v) is 4.38. The topological polar surface area (TPSA) is 52.2 Å². The molecule has 2 aromatic carbocycles. The Bertz CT molecular complexity index is 867. The summed E-state index contributed by atoms with van der Waals surface area (Å²) in [5.74, 6) is 0.868. The van der Waals surface area contributed by atoms with Gasteiger partial charge in [-0.15, -0.1) is 0 Å². The first-order chi connectivity index (χ1) is 11.3. The molecule has 5 nitrogen and oxygen atoms in total. The molecule has 1 fully saturated rings. The second-order valence-corrected chi connectivity index (χ2v) is 5.73. The quantitative estimate of drug-likeness (QED) is 0.789. The van der Waals surface area contributed by atoms with Crippen LogP contribution in [0.4, 0.5) is 11.5 Å². The molecule has 1 aliphatic heterocycles. The van der Waals surface area contributed by atoms with E-state index >= 15 is 0 Å². The Balaban J connectivity index is 1.60. The second kappa shape index (κ2) is 5.76. The van der Waals surface area contributed by atoms with Crippen molar-refractivity contribution in [3.05, 3.63) is 65.0 Å². The summed E-state index contributed by atoms with van der Waals surface area (Å²) in [7, 11) is 0. The molecule has 0 bridgehead atoms. The minimum absolute atomic E-state index is 0.132. The molecule has 1 saturated heterocycles. The number of hydrogen-bond donors (Lipinski definition) is 1. The molecule has 4 rings (SSSR count). The van der Waals surface area contributed by atoms with Gasteiger partial charge in [0.25, 0.3) is 5.56 Å². The Morgan fingerprint density at radius 3 is 2.13 bits per heavy atom. The molecule has 5 heteroatoms. The highest BCUT2D eigenvalue weighted by molar-refractivity contribution is 5.91. The molecular formula is C18H18N4O. The van der Waals surface area contributed by atoms with Crippen molar-refractivity contribution in [1.29, 1.82) is 0 Å². The Labute approximate surface area is 134 Å². The standard InChI is InChI=1S/C18H18N4O/c23-18-16-9-5-4-8-15(16)17(19-20-18)22-12-10-21(11-13-22)14-6-2-1-3-7-14/h1-9H,10-13H2,(H,20,23). The molecular weight excluding hydrogens is 288 g/mol. The Kier molecular flexibility index (Phi) is 3.46. The number of anilines is 2. The van der Waals surface area contributed by atoms with Gasteiger partial charge in [0.1, 0.15) is 0 Å². The molecule has 0 unspecified atom stereocenters. The maximum atomic E-state index is 11.9. The zero-order valence-electron chi connectivity index (χ0n) is 12.8. The summed E-state index contributed by atoms with van der Waals surface area (Å²) in [5.41, 5.74) is 1.12. The molecule has 1 aliphatic rings. The lowest BCUT2D eigenvalue weighted by molar-refractivity contribution is 0.645. The van der Waals surface area contributed by atoms with E-state index in [9.17, 15) is 4.79 Å². The number of piperazine rings is 1. The number of aromatic amines is 1. The first-order valence-corrected chi connectivity index (χ1v) is 7.85. The zero-order valence-corrected chi connectivity index (χ0v) is 12.8. The smallest absolute Gasteiger partial charge is 0.272 e. The fourth-order valence-electron chi connectivity index (χ4n) is 3.16. The normalized spacial score (nSPS) is 15.1. The molecule has 0 radical (unpaired) electrons. The first kappa shape index (κ1) is 13.8. The van der Waals surface area contributed by atoms with Gasteiger partial charge < -0.3 is 9.80 Å². The predicted octanol–water partition coefficient (Wildman–Crippen LogP) is 2.25. The van der Waals surface area contributed by atoms with Gasteiger partial charge in [0, 0.05) is 37.3 Å². The van der Waals surface area contributed by atoms with Gasteiger partial charge in [0.2, 0.25) is 0 Å².